The summed E-state index contributed by atoms with van der Waals surface area (Å²) in [5.41, 5.74) is 11.8. The topological polar surface area (TPSA) is 43.8 Å². The molecule has 0 spiro atoms. The van der Waals surface area contributed by atoms with Crippen molar-refractivity contribution in [3.05, 3.63) is 46.8 Å². The highest BCUT2D eigenvalue weighted by Crippen LogP contribution is 2.17. The fourth-order valence-corrected chi connectivity index (χ4v) is 2.28. The lowest BCUT2D eigenvalue weighted by Gasteiger charge is -2.11. The third-order valence-electron chi connectivity index (χ3n) is 3.12. The van der Waals surface area contributed by atoms with E-state index in [0.29, 0.717) is 0 Å². The van der Waals surface area contributed by atoms with Crippen molar-refractivity contribution >= 4 is 0 Å². The van der Waals surface area contributed by atoms with E-state index < -0.39 is 0 Å². The molecule has 2 rings (SSSR count). The van der Waals surface area contributed by atoms with E-state index >= 15 is 0 Å². The fourth-order valence-electron chi connectivity index (χ4n) is 2.28. The zero-order valence-electron chi connectivity index (χ0n) is 11.6. The number of hydrogen-bond donors (Lipinski definition) is 1. The minimum atomic E-state index is 0.197. The smallest absolute Gasteiger partial charge is 0.0651 e. The van der Waals surface area contributed by atoms with Crippen molar-refractivity contribution in [2.75, 3.05) is 0 Å². The van der Waals surface area contributed by atoms with Crippen molar-refractivity contribution in [2.45, 2.75) is 40.2 Å². The van der Waals surface area contributed by atoms with E-state index in [0.717, 1.165) is 23.5 Å². The molecule has 2 N–H and O–H groups in total. The highest BCUT2D eigenvalue weighted by atomic mass is 15.3. The van der Waals surface area contributed by atoms with Crippen LogP contribution in [0, 0.1) is 20.8 Å². The number of hydrogen-bond acceptors (Lipinski definition) is 2. The molecule has 0 aliphatic rings. The molecule has 3 nitrogen and oxygen atoms in total. The van der Waals surface area contributed by atoms with Gasteiger partial charge in [0.05, 0.1) is 11.4 Å². The van der Waals surface area contributed by atoms with Gasteiger partial charge in [0.1, 0.15) is 0 Å². The number of rotatable bonds is 3. The summed E-state index contributed by atoms with van der Waals surface area (Å²) in [6.07, 6.45) is 0.920. The van der Waals surface area contributed by atoms with Crippen molar-refractivity contribution in [3.63, 3.8) is 0 Å². The standard InChI is InChI=1S/C15H21N3/c1-10-7-15(6-5-14(10)8-11(2)16)18-13(4)9-12(3)17-18/h5-7,9,11H,8,16H2,1-4H3. The molecule has 96 valence electrons. The van der Waals surface area contributed by atoms with Gasteiger partial charge in [-0.3, -0.25) is 0 Å². The van der Waals surface area contributed by atoms with E-state index in [1.54, 1.807) is 0 Å². The van der Waals surface area contributed by atoms with E-state index in [-0.39, 0.29) is 6.04 Å². The molecule has 0 aliphatic heterocycles. The van der Waals surface area contributed by atoms with Gasteiger partial charge in [-0.2, -0.15) is 5.10 Å². The highest BCUT2D eigenvalue weighted by Gasteiger charge is 2.07. The first-order valence-corrected chi connectivity index (χ1v) is 6.36. The maximum absolute atomic E-state index is 5.85. The third-order valence-corrected chi connectivity index (χ3v) is 3.12. The lowest BCUT2D eigenvalue weighted by molar-refractivity contribution is 0.733. The van der Waals surface area contributed by atoms with Crippen LogP contribution in [0.1, 0.15) is 29.4 Å². The Hall–Kier alpha value is -1.61. The van der Waals surface area contributed by atoms with Gasteiger partial charge in [-0.1, -0.05) is 6.07 Å². The maximum atomic E-state index is 5.85. The van der Waals surface area contributed by atoms with Gasteiger partial charge < -0.3 is 5.73 Å². The largest absolute Gasteiger partial charge is 0.328 e. The summed E-state index contributed by atoms with van der Waals surface area (Å²) < 4.78 is 1.98. The number of nitrogens with two attached hydrogens (primary N) is 1. The predicted molar refractivity (Wildman–Crippen MR) is 75.1 cm³/mol. The molecule has 0 radical (unpaired) electrons. The summed E-state index contributed by atoms with van der Waals surface area (Å²) in [7, 11) is 0. The van der Waals surface area contributed by atoms with E-state index in [2.05, 4.69) is 43.2 Å². The van der Waals surface area contributed by atoms with Crippen molar-refractivity contribution in [2.24, 2.45) is 5.73 Å². The molecular weight excluding hydrogens is 222 g/mol. The second-order valence-electron chi connectivity index (χ2n) is 5.13. The van der Waals surface area contributed by atoms with Crippen molar-refractivity contribution in [3.8, 4) is 5.69 Å². The molecule has 18 heavy (non-hydrogen) atoms. The molecule has 3 heteroatoms. The first kappa shape index (κ1) is 12.8. The Morgan fingerprint density at radius 3 is 2.44 bits per heavy atom. The molecule has 1 aromatic carbocycles. The summed E-state index contributed by atoms with van der Waals surface area (Å²) in [6.45, 7) is 8.26. The molecule has 0 saturated heterocycles. The number of nitrogens with zero attached hydrogens (tertiary/aromatic N) is 2. The first-order chi connectivity index (χ1) is 8.47. The van der Waals surface area contributed by atoms with Crippen LogP contribution in [0.3, 0.4) is 0 Å². The number of aryl methyl sites for hydroxylation is 3. The Morgan fingerprint density at radius 1 is 1.22 bits per heavy atom. The molecular formula is C15H21N3. The van der Waals surface area contributed by atoms with E-state index in [1.165, 1.54) is 11.1 Å². The molecule has 0 aliphatic carbocycles. The fraction of sp³-hybridized carbons (Fsp3) is 0.400. The average Bonchev–Trinajstić information content (AvgIpc) is 2.60. The average molecular weight is 243 g/mol. The van der Waals surface area contributed by atoms with E-state index in [4.69, 9.17) is 5.73 Å². The molecule has 1 atom stereocenters. The lowest BCUT2D eigenvalue weighted by atomic mass is 10.0. The second-order valence-corrected chi connectivity index (χ2v) is 5.13. The molecule has 1 unspecified atom stereocenters. The van der Waals surface area contributed by atoms with Gasteiger partial charge in [-0.15, -0.1) is 0 Å². The highest BCUT2D eigenvalue weighted by molar-refractivity contribution is 5.41. The number of aromatic nitrogens is 2. The summed E-state index contributed by atoms with van der Waals surface area (Å²) in [6, 6.07) is 8.74. The van der Waals surface area contributed by atoms with E-state index in [9.17, 15) is 0 Å². The zero-order chi connectivity index (χ0) is 13.3. The monoisotopic (exact) mass is 243 g/mol. The summed E-state index contributed by atoms with van der Waals surface area (Å²) in [5.74, 6) is 0. The quantitative estimate of drug-likeness (QED) is 0.900. The van der Waals surface area contributed by atoms with Gasteiger partial charge in [0.2, 0.25) is 0 Å². The maximum Gasteiger partial charge on any atom is 0.0651 e. The van der Waals surface area contributed by atoms with Gasteiger partial charge in [0, 0.05) is 11.7 Å². The Morgan fingerprint density at radius 2 is 1.94 bits per heavy atom. The van der Waals surface area contributed by atoms with Crippen molar-refractivity contribution in [1.29, 1.82) is 0 Å². The Labute approximate surface area is 109 Å². The van der Waals surface area contributed by atoms with Gasteiger partial charge >= 0.3 is 0 Å². The lowest BCUT2D eigenvalue weighted by Crippen LogP contribution is -2.18. The minimum absolute atomic E-state index is 0.197. The van der Waals surface area contributed by atoms with Crippen LogP contribution in [-0.4, -0.2) is 15.8 Å². The predicted octanol–water partition coefficient (Wildman–Crippen LogP) is 2.69. The second kappa shape index (κ2) is 4.94. The molecule has 0 amide bonds. The van der Waals surface area contributed by atoms with Crippen LogP contribution in [0.4, 0.5) is 0 Å². The minimum Gasteiger partial charge on any atom is -0.328 e. The Balaban J connectivity index is 2.37. The summed E-state index contributed by atoms with van der Waals surface area (Å²) >= 11 is 0. The molecule has 1 aromatic heterocycles. The Kier molecular flexibility index (Phi) is 3.53. The first-order valence-electron chi connectivity index (χ1n) is 6.36. The third kappa shape index (κ3) is 2.62. The normalized spacial score (nSPS) is 12.7. The zero-order valence-corrected chi connectivity index (χ0v) is 11.6. The Bertz CT molecular complexity index is 553. The SMILES string of the molecule is Cc1cc(C)n(-c2ccc(CC(C)N)c(C)c2)n1. The van der Waals surface area contributed by atoms with Crippen molar-refractivity contribution < 1.29 is 0 Å². The van der Waals surface area contributed by atoms with Gasteiger partial charge in [0.15, 0.2) is 0 Å². The van der Waals surface area contributed by atoms with Crippen molar-refractivity contribution in [1.82, 2.24) is 9.78 Å². The molecule has 0 saturated carbocycles. The van der Waals surface area contributed by atoms with Crippen LogP contribution in [0.5, 0.6) is 0 Å². The van der Waals surface area contributed by atoms with Crippen LogP contribution >= 0.6 is 0 Å². The van der Waals surface area contributed by atoms with Gasteiger partial charge in [0.25, 0.3) is 0 Å². The molecule has 2 aromatic rings. The van der Waals surface area contributed by atoms with Crippen LogP contribution in [-0.2, 0) is 6.42 Å². The summed E-state index contributed by atoms with van der Waals surface area (Å²) in [5, 5.41) is 4.50. The van der Waals surface area contributed by atoms with E-state index in [1.807, 2.05) is 18.5 Å². The van der Waals surface area contributed by atoms with Crippen LogP contribution < -0.4 is 5.73 Å². The molecule has 0 bridgehead atoms. The van der Waals surface area contributed by atoms with Gasteiger partial charge in [-0.05, 0) is 63.4 Å². The molecule has 0 fully saturated rings. The van der Waals surface area contributed by atoms with Crippen LogP contribution in [0.25, 0.3) is 5.69 Å². The summed E-state index contributed by atoms with van der Waals surface area (Å²) in [4.78, 5) is 0. The number of benzene rings is 1. The van der Waals surface area contributed by atoms with Crippen LogP contribution in [0.2, 0.25) is 0 Å². The van der Waals surface area contributed by atoms with Crippen LogP contribution in [0.15, 0.2) is 24.3 Å². The molecule has 1 heterocycles. The van der Waals surface area contributed by atoms with Gasteiger partial charge in [-0.25, -0.2) is 4.68 Å².